The van der Waals surface area contributed by atoms with Gasteiger partial charge in [0.25, 0.3) is 0 Å². The second kappa shape index (κ2) is 5.76. The van der Waals surface area contributed by atoms with E-state index in [9.17, 15) is 14.7 Å². The molecular weight excluding hydrogens is 270 g/mol. The van der Waals surface area contributed by atoms with E-state index in [4.69, 9.17) is 4.74 Å². The lowest BCUT2D eigenvalue weighted by molar-refractivity contribution is -0.155. The summed E-state index contributed by atoms with van der Waals surface area (Å²) < 4.78 is 5.17. The quantitative estimate of drug-likeness (QED) is 0.924. The molecule has 0 spiro atoms. The van der Waals surface area contributed by atoms with Crippen LogP contribution in [-0.4, -0.2) is 41.1 Å². The van der Waals surface area contributed by atoms with Crippen LogP contribution >= 0.6 is 0 Å². The molecule has 2 atom stereocenters. The highest BCUT2D eigenvalue weighted by Gasteiger charge is 2.46. The van der Waals surface area contributed by atoms with Crippen LogP contribution in [0.5, 0.6) is 5.75 Å². The average molecular weight is 291 g/mol. The van der Waals surface area contributed by atoms with E-state index < -0.39 is 17.4 Å². The minimum absolute atomic E-state index is 0.148. The van der Waals surface area contributed by atoms with Crippen molar-refractivity contribution in [2.45, 2.75) is 38.1 Å². The van der Waals surface area contributed by atoms with Gasteiger partial charge in [-0.15, -0.1) is 0 Å². The van der Waals surface area contributed by atoms with Gasteiger partial charge in [0.15, 0.2) is 0 Å². The van der Waals surface area contributed by atoms with E-state index in [0.29, 0.717) is 18.7 Å². The second-order valence-electron chi connectivity index (χ2n) is 5.67. The van der Waals surface area contributed by atoms with E-state index >= 15 is 0 Å². The summed E-state index contributed by atoms with van der Waals surface area (Å²) >= 11 is 0. The molecule has 1 N–H and O–H groups in total. The van der Waals surface area contributed by atoms with Crippen molar-refractivity contribution in [1.29, 1.82) is 0 Å². The highest BCUT2D eigenvalue weighted by molar-refractivity contribution is 5.90. The monoisotopic (exact) mass is 291 g/mol. The molecule has 0 saturated carbocycles. The Bertz CT molecular complexity index is 557. The van der Waals surface area contributed by atoms with Gasteiger partial charge < -0.3 is 14.7 Å². The van der Waals surface area contributed by atoms with Crippen LogP contribution in [0.2, 0.25) is 0 Å². The summed E-state index contributed by atoms with van der Waals surface area (Å²) in [6.45, 7) is 3.92. The van der Waals surface area contributed by atoms with Crippen molar-refractivity contribution in [2.24, 2.45) is 0 Å². The van der Waals surface area contributed by atoms with Crippen LogP contribution < -0.4 is 4.74 Å². The van der Waals surface area contributed by atoms with Crippen LogP contribution in [0.4, 0.5) is 0 Å². The molecule has 1 fully saturated rings. The number of nitrogens with zero attached hydrogens (tertiary/aromatic N) is 1. The molecule has 114 valence electrons. The first kappa shape index (κ1) is 15.4. The molecule has 1 heterocycles. The zero-order chi connectivity index (χ0) is 15.6. The number of carbonyl (C=O) groups excluding carboxylic acids is 1. The van der Waals surface area contributed by atoms with Gasteiger partial charge in [0.2, 0.25) is 5.91 Å². The van der Waals surface area contributed by atoms with Crippen molar-refractivity contribution in [3.8, 4) is 5.75 Å². The molecule has 1 aliphatic heterocycles. The Kier molecular flexibility index (Phi) is 4.21. The molecule has 2 unspecified atom stereocenters. The van der Waals surface area contributed by atoms with Gasteiger partial charge in [-0.05, 0) is 44.4 Å². The topological polar surface area (TPSA) is 66.8 Å². The third-order valence-corrected chi connectivity index (χ3v) is 4.33. The van der Waals surface area contributed by atoms with E-state index in [1.807, 2.05) is 24.3 Å². The van der Waals surface area contributed by atoms with Gasteiger partial charge in [-0.1, -0.05) is 12.1 Å². The predicted molar refractivity (Wildman–Crippen MR) is 78.4 cm³/mol. The summed E-state index contributed by atoms with van der Waals surface area (Å²) in [5.74, 6) is -0.789. The van der Waals surface area contributed by atoms with Crippen molar-refractivity contribution >= 4 is 11.9 Å². The van der Waals surface area contributed by atoms with Crippen molar-refractivity contribution in [1.82, 2.24) is 4.90 Å². The van der Waals surface area contributed by atoms with Gasteiger partial charge >= 0.3 is 5.97 Å². The molecule has 0 bridgehead atoms. The fourth-order valence-corrected chi connectivity index (χ4v) is 2.83. The molecule has 1 amide bonds. The summed E-state index contributed by atoms with van der Waals surface area (Å²) in [5.41, 5.74) is -0.261. The van der Waals surface area contributed by atoms with Gasteiger partial charge in [-0.3, -0.25) is 4.79 Å². The maximum absolute atomic E-state index is 12.7. The fraction of sp³-hybridized carbons (Fsp3) is 0.500. The molecule has 1 aromatic rings. The lowest BCUT2D eigenvalue weighted by Gasteiger charge is -2.33. The van der Waals surface area contributed by atoms with Crippen molar-refractivity contribution in [3.05, 3.63) is 29.8 Å². The van der Waals surface area contributed by atoms with Crippen LogP contribution in [0.15, 0.2) is 24.3 Å². The molecular formula is C16H21NO4. The van der Waals surface area contributed by atoms with Gasteiger partial charge in [-0.2, -0.15) is 0 Å². The first-order valence-electron chi connectivity index (χ1n) is 7.09. The van der Waals surface area contributed by atoms with E-state index in [2.05, 4.69) is 0 Å². The Labute approximate surface area is 124 Å². The number of benzene rings is 1. The zero-order valence-electron chi connectivity index (χ0n) is 12.6. The Balaban J connectivity index is 2.24. The minimum atomic E-state index is -1.09. The number of amides is 1. The predicted octanol–water partition coefficient (Wildman–Crippen LogP) is 2.26. The Morgan fingerprint density at radius 1 is 1.43 bits per heavy atom. The summed E-state index contributed by atoms with van der Waals surface area (Å²) in [5, 5.41) is 9.41. The highest BCUT2D eigenvalue weighted by Crippen LogP contribution is 2.33. The van der Waals surface area contributed by atoms with E-state index in [-0.39, 0.29) is 5.91 Å². The molecule has 0 aliphatic carbocycles. The molecule has 0 radical (unpaired) electrons. The Hall–Kier alpha value is -2.04. The molecule has 1 aromatic carbocycles. The van der Waals surface area contributed by atoms with Crippen LogP contribution in [0.3, 0.4) is 0 Å². The molecule has 21 heavy (non-hydrogen) atoms. The smallest absolute Gasteiger partial charge is 0.329 e. The molecule has 1 aliphatic rings. The number of hydrogen-bond acceptors (Lipinski definition) is 3. The van der Waals surface area contributed by atoms with Crippen molar-refractivity contribution in [2.75, 3.05) is 13.7 Å². The normalized spacial score (nSPS) is 22.9. The first-order valence-corrected chi connectivity index (χ1v) is 7.09. The maximum atomic E-state index is 12.7. The number of methoxy groups -OCH3 is 1. The van der Waals surface area contributed by atoms with Crippen molar-refractivity contribution in [3.63, 3.8) is 0 Å². The lowest BCUT2D eigenvalue weighted by atomic mass is 9.95. The van der Waals surface area contributed by atoms with E-state index in [0.717, 1.165) is 12.0 Å². The van der Waals surface area contributed by atoms with Gasteiger partial charge in [0, 0.05) is 6.54 Å². The number of carboxylic acid groups (broad SMARTS) is 1. The number of rotatable bonds is 4. The van der Waals surface area contributed by atoms with Gasteiger partial charge in [0.1, 0.15) is 11.3 Å². The lowest BCUT2D eigenvalue weighted by Crippen LogP contribution is -2.51. The first-order chi connectivity index (χ1) is 9.90. The number of ether oxygens (including phenoxy) is 1. The largest absolute Gasteiger partial charge is 0.497 e. The second-order valence-corrected chi connectivity index (χ2v) is 5.67. The summed E-state index contributed by atoms with van der Waals surface area (Å²) in [6, 6.07) is 7.33. The van der Waals surface area contributed by atoms with E-state index in [1.54, 1.807) is 21.0 Å². The number of carboxylic acids is 1. The number of likely N-dealkylation sites (tertiary alicyclic amines) is 1. The van der Waals surface area contributed by atoms with Crippen molar-refractivity contribution < 1.29 is 19.4 Å². The van der Waals surface area contributed by atoms with Gasteiger partial charge in [-0.25, -0.2) is 4.79 Å². The third-order valence-electron chi connectivity index (χ3n) is 4.33. The molecule has 5 heteroatoms. The number of carbonyl (C=O) groups is 2. The number of aliphatic carboxylic acids is 1. The number of hydrogen-bond donors (Lipinski definition) is 1. The van der Waals surface area contributed by atoms with Gasteiger partial charge in [0.05, 0.1) is 13.0 Å². The fourth-order valence-electron chi connectivity index (χ4n) is 2.83. The van der Waals surface area contributed by atoms with Crippen LogP contribution in [0, 0.1) is 0 Å². The molecule has 5 nitrogen and oxygen atoms in total. The highest BCUT2D eigenvalue weighted by atomic mass is 16.5. The molecule has 2 rings (SSSR count). The molecule has 1 saturated heterocycles. The zero-order valence-corrected chi connectivity index (χ0v) is 12.6. The average Bonchev–Trinajstić information content (AvgIpc) is 2.89. The van der Waals surface area contributed by atoms with Crippen LogP contribution in [-0.2, 0) is 9.59 Å². The molecule has 0 aromatic heterocycles. The van der Waals surface area contributed by atoms with Crippen LogP contribution in [0.25, 0.3) is 0 Å². The maximum Gasteiger partial charge on any atom is 0.329 e. The third kappa shape index (κ3) is 2.73. The SMILES string of the molecule is COc1cccc(C(C)C(=O)N2CCCC2(C)C(=O)O)c1. The van der Waals surface area contributed by atoms with E-state index in [1.165, 1.54) is 4.90 Å². The summed E-state index contributed by atoms with van der Waals surface area (Å²) in [7, 11) is 1.58. The minimum Gasteiger partial charge on any atom is -0.497 e. The summed E-state index contributed by atoms with van der Waals surface area (Å²) in [4.78, 5) is 25.7. The summed E-state index contributed by atoms with van der Waals surface area (Å²) in [6.07, 6.45) is 1.22. The standard InChI is InChI=1S/C16H21NO4/c1-11(12-6-4-7-13(10-12)21-3)14(18)17-9-5-8-16(17,2)15(19)20/h4,6-7,10-11H,5,8-9H2,1-3H3,(H,19,20). The Morgan fingerprint density at radius 2 is 2.14 bits per heavy atom. The van der Waals surface area contributed by atoms with Crippen LogP contribution in [0.1, 0.15) is 38.2 Å². The Morgan fingerprint density at radius 3 is 2.76 bits per heavy atom.